The van der Waals surface area contributed by atoms with Crippen molar-refractivity contribution >= 4 is 30.6 Å². The number of carbonyl (C=O) groups excluding carboxylic acids is 3. The minimum atomic E-state index is -1.64. The Labute approximate surface area is 204 Å². The van der Waals surface area contributed by atoms with Gasteiger partial charge in [-0.3, -0.25) is 4.79 Å². The first-order valence-corrected chi connectivity index (χ1v) is 11.0. The molecule has 2 atom stereocenters. The summed E-state index contributed by atoms with van der Waals surface area (Å²) < 4.78 is 10.1. The Kier molecular flexibility index (Phi) is 9.67. The number of phenolic OH excluding ortho intramolecular Hbond substituents is 1. The van der Waals surface area contributed by atoms with E-state index in [0.717, 1.165) is 0 Å². The summed E-state index contributed by atoms with van der Waals surface area (Å²) in [5.41, 5.74) is 0.777. The molecule has 0 aliphatic heterocycles. The van der Waals surface area contributed by atoms with Gasteiger partial charge in [-0.05, 0) is 49.5 Å². The Bertz CT molecular complexity index is 1000. The van der Waals surface area contributed by atoms with Crippen molar-refractivity contribution in [1.29, 1.82) is 0 Å². The molecule has 0 saturated carbocycles. The van der Waals surface area contributed by atoms with Crippen molar-refractivity contribution in [2.45, 2.75) is 51.3 Å². The fourth-order valence-electron chi connectivity index (χ4n) is 3.20. The van der Waals surface area contributed by atoms with Crippen molar-refractivity contribution in [3.8, 4) is 5.75 Å². The molecule has 0 radical (unpaired) electrons. The lowest BCUT2D eigenvalue weighted by Gasteiger charge is -2.25. The average Bonchev–Trinajstić information content (AvgIpc) is 2.78. The molecule has 0 unspecified atom stereocenters. The van der Waals surface area contributed by atoms with Gasteiger partial charge in [0.25, 0.3) is 0 Å². The molecular weight excluding hydrogens is 455 g/mol. The first-order valence-electron chi connectivity index (χ1n) is 11.0. The zero-order valence-corrected chi connectivity index (χ0v) is 20.1. The van der Waals surface area contributed by atoms with Crippen LogP contribution in [0.25, 0.3) is 0 Å². The Balaban J connectivity index is 2.23. The molecule has 0 spiro atoms. The van der Waals surface area contributed by atoms with Gasteiger partial charge in [0, 0.05) is 12.8 Å². The number of aromatic hydroxyl groups is 1. The van der Waals surface area contributed by atoms with Crippen LogP contribution in [-0.4, -0.2) is 65.0 Å². The second-order valence-electron chi connectivity index (χ2n) is 8.97. The number of carbonyl (C=O) groups is 3. The van der Waals surface area contributed by atoms with Gasteiger partial charge in [0.15, 0.2) is 0 Å². The van der Waals surface area contributed by atoms with Crippen LogP contribution >= 0.6 is 0 Å². The largest absolute Gasteiger partial charge is 0.508 e. The molecule has 0 fully saturated rings. The molecule has 35 heavy (non-hydrogen) atoms. The Morgan fingerprint density at radius 1 is 0.886 bits per heavy atom. The molecule has 2 rings (SSSR count). The highest BCUT2D eigenvalue weighted by molar-refractivity contribution is 6.58. The van der Waals surface area contributed by atoms with E-state index in [0.29, 0.717) is 11.1 Å². The molecule has 2 amide bonds. The van der Waals surface area contributed by atoms with Crippen LogP contribution in [0.1, 0.15) is 31.9 Å². The third kappa shape index (κ3) is 9.30. The van der Waals surface area contributed by atoms with Gasteiger partial charge < -0.3 is 35.3 Å². The van der Waals surface area contributed by atoms with E-state index in [2.05, 4.69) is 10.6 Å². The molecule has 0 bridgehead atoms. The van der Waals surface area contributed by atoms with Gasteiger partial charge in [-0.25, -0.2) is 9.59 Å². The number of amides is 2. The van der Waals surface area contributed by atoms with E-state index in [9.17, 15) is 29.5 Å². The van der Waals surface area contributed by atoms with Gasteiger partial charge in [0.05, 0.1) is 7.11 Å². The summed E-state index contributed by atoms with van der Waals surface area (Å²) in [6.45, 7) is 5.06. The highest BCUT2D eigenvalue weighted by Gasteiger charge is 2.29. The fraction of sp³-hybridized carbons (Fsp3) is 0.375. The molecule has 2 aromatic rings. The van der Waals surface area contributed by atoms with Crippen molar-refractivity contribution in [3.05, 3.63) is 59.7 Å². The standard InChI is InChI=1S/C24H31BN2O8/c1-24(2,3)35-23(31)27-19(13-15-5-9-17(10-6-15)25(32)33)21(29)26-20(22(30)34-4)14-16-7-11-18(28)12-8-16/h5-12,19-20,28,32-33H,13-14H2,1-4H3,(H,26,29)(H,27,31)/t19-,20-/m0/s1. The molecule has 0 saturated heterocycles. The predicted molar refractivity (Wildman–Crippen MR) is 129 cm³/mol. The summed E-state index contributed by atoms with van der Waals surface area (Å²) in [5, 5.41) is 33.2. The van der Waals surface area contributed by atoms with Crippen molar-refractivity contribution in [2.24, 2.45) is 0 Å². The Morgan fingerprint density at radius 2 is 1.40 bits per heavy atom. The van der Waals surface area contributed by atoms with Gasteiger partial charge in [-0.2, -0.15) is 0 Å². The number of benzene rings is 2. The highest BCUT2D eigenvalue weighted by Crippen LogP contribution is 2.13. The molecule has 0 aliphatic rings. The first kappa shape index (κ1) is 27.7. The molecular formula is C24H31BN2O8. The summed E-state index contributed by atoms with van der Waals surface area (Å²) in [7, 11) is -0.435. The molecule has 0 aliphatic carbocycles. The SMILES string of the molecule is COC(=O)[C@H](Cc1ccc(O)cc1)NC(=O)[C@H](Cc1ccc(B(O)O)cc1)NC(=O)OC(C)(C)C. The molecule has 2 aromatic carbocycles. The van der Waals surface area contributed by atoms with Crippen LogP contribution in [0.2, 0.25) is 0 Å². The number of ether oxygens (including phenoxy) is 2. The monoisotopic (exact) mass is 486 g/mol. The number of phenols is 1. The molecule has 10 nitrogen and oxygen atoms in total. The van der Waals surface area contributed by atoms with Crippen LogP contribution in [0.4, 0.5) is 4.79 Å². The van der Waals surface area contributed by atoms with Crippen molar-refractivity contribution in [2.75, 3.05) is 7.11 Å². The van der Waals surface area contributed by atoms with Gasteiger partial charge in [0.1, 0.15) is 23.4 Å². The van der Waals surface area contributed by atoms with Crippen LogP contribution in [-0.2, 0) is 31.9 Å². The fourth-order valence-corrected chi connectivity index (χ4v) is 3.20. The number of esters is 1. The van der Waals surface area contributed by atoms with Crippen LogP contribution in [0.15, 0.2) is 48.5 Å². The maximum absolute atomic E-state index is 13.2. The van der Waals surface area contributed by atoms with Crippen molar-refractivity contribution in [1.82, 2.24) is 10.6 Å². The normalized spacial score (nSPS) is 12.7. The van der Waals surface area contributed by atoms with Crippen molar-refractivity contribution < 1.29 is 39.0 Å². The maximum Gasteiger partial charge on any atom is 0.488 e. The van der Waals surface area contributed by atoms with Crippen LogP contribution in [0.3, 0.4) is 0 Å². The minimum Gasteiger partial charge on any atom is -0.508 e. The first-order chi connectivity index (χ1) is 16.4. The van der Waals surface area contributed by atoms with Gasteiger partial charge in [-0.15, -0.1) is 0 Å². The number of alkyl carbamates (subject to hydrolysis) is 1. The lowest BCUT2D eigenvalue weighted by molar-refractivity contribution is -0.145. The highest BCUT2D eigenvalue weighted by atomic mass is 16.6. The number of nitrogens with one attached hydrogen (secondary N) is 2. The van der Waals surface area contributed by atoms with Crippen LogP contribution < -0.4 is 16.1 Å². The van der Waals surface area contributed by atoms with Gasteiger partial charge in [0.2, 0.25) is 5.91 Å². The van der Waals surface area contributed by atoms with E-state index in [1.54, 1.807) is 45.0 Å². The number of hydrogen-bond acceptors (Lipinski definition) is 8. The van der Waals surface area contributed by atoms with E-state index in [4.69, 9.17) is 9.47 Å². The second-order valence-corrected chi connectivity index (χ2v) is 8.97. The van der Waals surface area contributed by atoms with Crippen molar-refractivity contribution in [3.63, 3.8) is 0 Å². The predicted octanol–water partition coefficient (Wildman–Crippen LogP) is 0.408. The van der Waals surface area contributed by atoms with Crippen LogP contribution in [0.5, 0.6) is 5.75 Å². The summed E-state index contributed by atoms with van der Waals surface area (Å²) in [6.07, 6.45) is -0.672. The quantitative estimate of drug-likeness (QED) is 0.252. The topological polar surface area (TPSA) is 154 Å². The molecule has 0 aromatic heterocycles. The van der Waals surface area contributed by atoms with E-state index in [-0.39, 0.29) is 24.1 Å². The zero-order chi connectivity index (χ0) is 26.2. The third-order valence-electron chi connectivity index (χ3n) is 4.90. The lowest BCUT2D eigenvalue weighted by atomic mass is 9.80. The Hall–Kier alpha value is -3.57. The lowest BCUT2D eigenvalue weighted by Crippen LogP contribution is -2.54. The summed E-state index contributed by atoms with van der Waals surface area (Å²) in [6, 6.07) is 10.2. The zero-order valence-electron chi connectivity index (χ0n) is 20.1. The second kappa shape index (κ2) is 12.2. The molecule has 188 valence electrons. The smallest absolute Gasteiger partial charge is 0.488 e. The number of methoxy groups -OCH3 is 1. The number of hydrogen-bond donors (Lipinski definition) is 5. The van der Waals surface area contributed by atoms with Crippen LogP contribution in [0, 0.1) is 0 Å². The average molecular weight is 486 g/mol. The van der Waals surface area contributed by atoms with E-state index >= 15 is 0 Å². The number of rotatable bonds is 9. The van der Waals surface area contributed by atoms with Gasteiger partial charge in [-0.1, -0.05) is 36.4 Å². The van der Waals surface area contributed by atoms with E-state index in [1.165, 1.54) is 31.4 Å². The third-order valence-corrected chi connectivity index (χ3v) is 4.90. The molecule has 0 heterocycles. The summed E-state index contributed by atoms with van der Waals surface area (Å²) in [5.74, 6) is -1.26. The van der Waals surface area contributed by atoms with E-state index in [1.807, 2.05) is 0 Å². The maximum atomic E-state index is 13.2. The molecule has 5 N–H and O–H groups in total. The molecule has 11 heteroatoms. The Morgan fingerprint density at radius 3 is 1.89 bits per heavy atom. The van der Waals surface area contributed by atoms with Gasteiger partial charge >= 0.3 is 19.2 Å². The summed E-state index contributed by atoms with van der Waals surface area (Å²) >= 11 is 0. The minimum absolute atomic E-state index is 0.0416. The van der Waals surface area contributed by atoms with E-state index < -0.39 is 42.8 Å². The summed E-state index contributed by atoms with van der Waals surface area (Å²) in [4.78, 5) is 38.0.